The van der Waals surface area contributed by atoms with Gasteiger partial charge in [-0.1, -0.05) is 29.8 Å². The summed E-state index contributed by atoms with van der Waals surface area (Å²) in [7, 11) is 0. The second-order valence-electron chi connectivity index (χ2n) is 5.77. The molecule has 1 amide bonds. The molecule has 0 saturated heterocycles. The zero-order valence-corrected chi connectivity index (χ0v) is 17.8. The lowest BCUT2D eigenvalue weighted by atomic mass is 10.2. The summed E-state index contributed by atoms with van der Waals surface area (Å²) in [5.74, 6) is 0.850. The first kappa shape index (κ1) is 19.9. The smallest absolute Gasteiger partial charge is 0.257 e. The third kappa shape index (κ3) is 6.41. The topological polar surface area (TPSA) is 50.4 Å². The predicted octanol–water partition coefficient (Wildman–Crippen LogP) is 5.37. The molecule has 4 nitrogen and oxygen atoms in total. The van der Waals surface area contributed by atoms with Gasteiger partial charge in [-0.2, -0.15) is 0 Å². The summed E-state index contributed by atoms with van der Waals surface area (Å²) in [5, 5.41) is 5.87. The molecule has 0 unspecified atom stereocenters. The molecule has 0 aliphatic carbocycles. The van der Waals surface area contributed by atoms with Crippen LogP contribution in [0.15, 0.2) is 51.4 Å². The van der Waals surface area contributed by atoms with Crippen LogP contribution in [-0.2, 0) is 0 Å². The fraction of sp³-hybridized carbons (Fsp3) is 0.222. The Morgan fingerprint density at radius 2 is 1.84 bits per heavy atom. The Bertz CT molecular complexity index is 764. The van der Waals surface area contributed by atoms with Gasteiger partial charge >= 0.3 is 0 Å². The van der Waals surface area contributed by atoms with Gasteiger partial charge in [-0.25, -0.2) is 0 Å². The first-order valence-corrected chi connectivity index (χ1v) is 9.65. The zero-order valence-electron chi connectivity index (χ0n) is 13.8. The summed E-state index contributed by atoms with van der Waals surface area (Å²) >= 11 is 12.0. The van der Waals surface area contributed by atoms with E-state index in [2.05, 4.69) is 56.3 Å². The van der Waals surface area contributed by atoms with Crippen molar-refractivity contribution in [3.63, 3.8) is 0 Å². The SMILES string of the molecule is CC(C)COc1ccc(C(=O)NC(=S)Nc2ccc(Br)cc2)cc1Br. The number of hydrogen-bond acceptors (Lipinski definition) is 3. The third-order valence-corrected chi connectivity index (χ3v) is 4.45. The summed E-state index contributed by atoms with van der Waals surface area (Å²) < 4.78 is 7.38. The Hall–Kier alpha value is -1.44. The van der Waals surface area contributed by atoms with E-state index in [1.807, 2.05) is 24.3 Å². The van der Waals surface area contributed by atoms with E-state index < -0.39 is 0 Å². The molecule has 2 aromatic rings. The van der Waals surface area contributed by atoms with Gasteiger partial charge in [0.1, 0.15) is 5.75 Å². The first-order chi connectivity index (χ1) is 11.8. The highest BCUT2D eigenvalue weighted by molar-refractivity contribution is 9.10. The van der Waals surface area contributed by atoms with Crippen molar-refractivity contribution in [1.29, 1.82) is 0 Å². The largest absolute Gasteiger partial charge is 0.492 e. The van der Waals surface area contributed by atoms with Crippen molar-refractivity contribution in [1.82, 2.24) is 5.32 Å². The monoisotopic (exact) mass is 484 g/mol. The van der Waals surface area contributed by atoms with Crippen molar-refractivity contribution >= 4 is 60.8 Å². The Kier molecular flexibility index (Phi) is 7.40. The summed E-state index contributed by atoms with van der Waals surface area (Å²) in [6.07, 6.45) is 0. The van der Waals surface area contributed by atoms with Crippen molar-refractivity contribution < 1.29 is 9.53 Å². The van der Waals surface area contributed by atoms with Gasteiger partial charge in [0.25, 0.3) is 5.91 Å². The number of ether oxygens (including phenoxy) is 1. The number of carbonyl (C=O) groups excluding carboxylic acids is 1. The second-order valence-corrected chi connectivity index (χ2v) is 7.94. The maximum absolute atomic E-state index is 12.3. The molecule has 25 heavy (non-hydrogen) atoms. The quantitative estimate of drug-likeness (QED) is 0.558. The maximum atomic E-state index is 12.3. The molecular weight excluding hydrogens is 468 g/mol. The number of rotatable bonds is 5. The molecule has 0 atom stereocenters. The van der Waals surface area contributed by atoms with Crippen molar-refractivity contribution in [2.75, 3.05) is 11.9 Å². The summed E-state index contributed by atoms with van der Waals surface area (Å²) in [6.45, 7) is 4.77. The number of thiocarbonyl (C=S) groups is 1. The van der Waals surface area contributed by atoms with Crippen LogP contribution in [0, 0.1) is 5.92 Å². The summed E-state index contributed by atoms with van der Waals surface area (Å²) in [6, 6.07) is 12.7. The number of carbonyl (C=O) groups is 1. The maximum Gasteiger partial charge on any atom is 0.257 e. The van der Waals surface area contributed by atoms with E-state index >= 15 is 0 Å². The minimum absolute atomic E-state index is 0.239. The highest BCUT2D eigenvalue weighted by Gasteiger charge is 2.11. The highest BCUT2D eigenvalue weighted by Crippen LogP contribution is 2.26. The molecule has 0 aromatic heterocycles. The lowest BCUT2D eigenvalue weighted by molar-refractivity contribution is 0.0977. The predicted molar refractivity (Wildman–Crippen MR) is 112 cm³/mol. The van der Waals surface area contributed by atoms with Gasteiger partial charge in [-0.3, -0.25) is 10.1 Å². The van der Waals surface area contributed by atoms with Gasteiger partial charge in [0.15, 0.2) is 5.11 Å². The Morgan fingerprint density at radius 3 is 2.44 bits per heavy atom. The number of nitrogens with one attached hydrogen (secondary N) is 2. The van der Waals surface area contributed by atoms with E-state index in [0.717, 1.165) is 14.6 Å². The average Bonchev–Trinajstić information content (AvgIpc) is 2.55. The van der Waals surface area contributed by atoms with E-state index in [0.29, 0.717) is 23.8 Å². The fourth-order valence-corrected chi connectivity index (χ4v) is 2.85. The Balaban J connectivity index is 1.96. The van der Waals surface area contributed by atoms with Gasteiger partial charge < -0.3 is 10.1 Å². The van der Waals surface area contributed by atoms with Crippen LogP contribution in [0.5, 0.6) is 5.75 Å². The average molecular weight is 486 g/mol. The lowest BCUT2D eigenvalue weighted by Crippen LogP contribution is -2.34. The summed E-state index contributed by atoms with van der Waals surface area (Å²) in [5.41, 5.74) is 1.29. The van der Waals surface area contributed by atoms with Gasteiger partial charge in [-0.05, 0) is 76.5 Å². The van der Waals surface area contributed by atoms with Crippen LogP contribution in [0.2, 0.25) is 0 Å². The number of amides is 1. The van der Waals surface area contributed by atoms with Crippen molar-refractivity contribution in [3.05, 3.63) is 57.0 Å². The van der Waals surface area contributed by atoms with E-state index in [-0.39, 0.29) is 11.0 Å². The summed E-state index contributed by atoms with van der Waals surface area (Å²) in [4.78, 5) is 12.3. The highest BCUT2D eigenvalue weighted by atomic mass is 79.9. The molecule has 2 rings (SSSR count). The Morgan fingerprint density at radius 1 is 1.16 bits per heavy atom. The van der Waals surface area contributed by atoms with E-state index in [9.17, 15) is 4.79 Å². The molecule has 2 N–H and O–H groups in total. The normalized spacial score (nSPS) is 10.4. The molecule has 2 aromatic carbocycles. The number of benzene rings is 2. The van der Waals surface area contributed by atoms with Gasteiger partial charge in [-0.15, -0.1) is 0 Å². The van der Waals surface area contributed by atoms with Gasteiger partial charge in [0, 0.05) is 15.7 Å². The van der Waals surface area contributed by atoms with Crippen LogP contribution in [0.1, 0.15) is 24.2 Å². The molecule has 0 aliphatic rings. The van der Waals surface area contributed by atoms with E-state index in [1.54, 1.807) is 18.2 Å². The molecular formula is C18H18Br2N2O2S. The molecule has 0 fully saturated rings. The van der Waals surface area contributed by atoms with Gasteiger partial charge in [0.2, 0.25) is 0 Å². The number of halogens is 2. The number of anilines is 1. The standard InChI is InChI=1S/C18H18Br2N2O2S/c1-11(2)10-24-16-8-3-12(9-15(16)20)17(23)22-18(25)21-14-6-4-13(19)5-7-14/h3-9,11H,10H2,1-2H3,(H2,21,22,23,25). The molecule has 7 heteroatoms. The van der Waals surface area contributed by atoms with E-state index in [4.69, 9.17) is 17.0 Å². The molecule has 0 radical (unpaired) electrons. The van der Waals surface area contributed by atoms with Crippen LogP contribution < -0.4 is 15.4 Å². The molecule has 0 bridgehead atoms. The molecule has 0 spiro atoms. The molecule has 132 valence electrons. The Labute approximate surface area is 169 Å². The van der Waals surface area contributed by atoms with Crippen LogP contribution in [0.25, 0.3) is 0 Å². The second kappa shape index (κ2) is 9.31. The lowest BCUT2D eigenvalue weighted by Gasteiger charge is -2.12. The van der Waals surface area contributed by atoms with Crippen molar-refractivity contribution in [2.24, 2.45) is 5.92 Å². The zero-order chi connectivity index (χ0) is 18.4. The first-order valence-electron chi connectivity index (χ1n) is 7.65. The van der Waals surface area contributed by atoms with Crippen LogP contribution in [-0.4, -0.2) is 17.6 Å². The molecule has 0 aliphatic heterocycles. The van der Waals surface area contributed by atoms with E-state index in [1.165, 1.54) is 0 Å². The number of hydrogen-bond donors (Lipinski definition) is 2. The fourth-order valence-electron chi connectivity index (χ4n) is 1.89. The minimum Gasteiger partial charge on any atom is -0.492 e. The van der Waals surface area contributed by atoms with Crippen LogP contribution in [0.3, 0.4) is 0 Å². The van der Waals surface area contributed by atoms with Gasteiger partial charge in [0.05, 0.1) is 11.1 Å². The van der Waals surface area contributed by atoms with Crippen LogP contribution >= 0.6 is 44.1 Å². The third-order valence-electron chi connectivity index (χ3n) is 3.10. The van der Waals surface area contributed by atoms with Crippen LogP contribution in [0.4, 0.5) is 5.69 Å². The molecule has 0 heterocycles. The molecule has 0 saturated carbocycles. The van der Waals surface area contributed by atoms with Crippen molar-refractivity contribution in [3.8, 4) is 5.75 Å². The minimum atomic E-state index is -0.286. The van der Waals surface area contributed by atoms with Crippen molar-refractivity contribution in [2.45, 2.75) is 13.8 Å².